The third kappa shape index (κ3) is 7.86. The fourth-order valence-electron chi connectivity index (χ4n) is 2.63. The molecule has 0 aliphatic rings. The summed E-state index contributed by atoms with van der Waals surface area (Å²) in [6.07, 6.45) is 1.42. The number of benzene rings is 1. The lowest BCUT2D eigenvalue weighted by Crippen LogP contribution is -2.38. The largest absolute Gasteiger partial charge is 0.491 e. The van der Waals surface area contributed by atoms with Crippen molar-refractivity contribution in [3.8, 4) is 5.75 Å². The SMILES string of the molecule is CCNC(=NCC(O)c1ccc(OC(C)C)cc1)NCCCc1nc(C)cs1. The summed E-state index contributed by atoms with van der Waals surface area (Å²) in [5.41, 5.74) is 1.91. The van der Waals surface area contributed by atoms with E-state index in [1.54, 1.807) is 11.3 Å². The fraction of sp³-hybridized carbons (Fsp3) is 0.524. The topological polar surface area (TPSA) is 78.8 Å². The van der Waals surface area contributed by atoms with E-state index >= 15 is 0 Å². The number of thiazole rings is 1. The number of aryl methyl sites for hydroxylation is 2. The molecule has 0 saturated carbocycles. The second-order valence-corrected chi connectivity index (χ2v) is 7.83. The Bertz CT molecular complexity index is 728. The number of nitrogens with one attached hydrogen (secondary N) is 2. The van der Waals surface area contributed by atoms with Crippen LogP contribution in [0.3, 0.4) is 0 Å². The lowest BCUT2D eigenvalue weighted by Gasteiger charge is -2.14. The van der Waals surface area contributed by atoms with Crippen LogP contribution < -0.4 is 15.4 Å². The number of ether oxygens (including phenoxy) is 1. The van der Waals surface area contributed by atoms with Crippen molar-refractivity contribution in [2.45, 2.75) is 52.7 Å². The first-order chi connectivity index (χ1) is 13.5. The average molecular weight is 405 g/mol. The number of nitrogens with zero attached hydrogens (tertiary/aromatic N) is 2. The van der Waals surface area contributed by atoms with Gasteiger partial charge >= 0.3 is 0 Å². The lowest BCUT2D eigenvalue weighted by molar-refractivity contribution is 0.186. The number of aliphatic hydroxyl groups is 1. The monoisotopic (exact) mass is 404 g/mol. The minimum Gasteiger partial charge on any atom is -0.491 e. The Kier molecular flexibility index (Phi) is 9.23. The number of aliphatic imine (C=N–C) groups is 1. The lowest BCUT2D eigenvalue weighted by atomic mass is 10.1. The van der Waals surface area contributed by atoms with Gasteiger partial charge in [0, 0.05) is 30.6 Å². The van der Waals surface area contributed by atoms with E-state index in [1.807, 2.05) is 52.0 Å². The summed E-state index contributed by atoms with van der Waals surface area (Å²) in [5.74, 6) is 1.52. The molecule has 0 aliphatic heterocycles. The van der Waals surface area contributed by atoms with E-state index in [4.69, 9.17) is 4.74 Å². The van der Waals surface area contributed by atoms with Gasteiger partial charge in [0.05, 0.1) is 23.8 Å². The van der Waals surface area contributed by atoms with Crippen molar-refractivity contribution in [3.63, 3.8) is 0 Å². The molecule has 2 aromatic rings. The molecule has 0 saturated heterocycles. The molecule has 0 amide bonds. The number of hydrogen-bond donors (Lipinski definition) is 3. The van der Waals surface area contributed by atoms with Crippen molar-refractivity contribution >= 4 is 17.3 Å². The normalized spacial score (nSPS) is 12.9. The van der Waals surface area contributed by atoms with Crippen molar-refractivity contribution < 1.29 is 9.84 Å². The van der Waals surface area contributed by atoms with E-state index in [0.29, 0.717) is 6.54 Å². The number of rotatable bonds is 10. The van der Waals surface area contributed by atoms with Gasteiger partial charge in [-0.15, -0.1) is 11.3 Å². The van der Waals surface area contributed by atoms with Crippen LogP contribution in [0.1, 0.15) is 49.6 Å². The Morgan fingerprint density at radius 2 is 2.00 bits per heavy atom. The van der Waals surface area contributed by atoms with Crippen molar-refractivity contribution in [1.29, 1.82) is 0 Å². The molecule has 1 unspecified atom stereocenters. The summed E-state index contributed by atoms with van der Waals surface area (Å²) in [6.45, 7) is 9.90. The quantitative estimate of drug-likeness (QED) is 0.321. The second kappa shape index (κ2) is 11.7. The molecule has 6 nitrogen and oxygen atoms in total. The van der Waals surface area contributed by atoms with E-state index in [2.05, 4.69) is 26.0 Å². The summed E-state index contributed by atoms with van der Waals surface area (Å²) in [4.78, 5) is 8.99. The Balaban J connectivity index is 1.81. The van der Waals surface area contributed by atoms with Crippen molar-refractivity contribution in [3.05, 3.63) is 45.9 Å². The van der Waals surface area contributed by atoms with Crippen molar-refractivity contribution in [1.82, 2.24) is 15.6 Å². The zero-order valence-corrected chi connectivity index (χ0v) is 18.1. The third-order valence-corrected chi connectivity index (χ3v) is 4.96. The molecule has 0 aliphatic carbocycles. The number of guanidine groups is 1. The van der Waals surface area contributed by atoms with Crippen molar-refractivity contribution in [2.24, 2.45) is 4.99 Å². The van der Waals surface area contributed by atoms with Crippen LogP contribution in [-0.4, -0.2) is 41.8 Å². The zero-order chi connectivity index (χ0) is 20.4. The number of aromatic nitrogens is 1. The Morgan fingerprint density at radius 3 is 2.61 bits per heavy atom. The van der Waals surface area contributed by atoms with Crippen LogP contribution in [0.2, 0.25) is 0 Å². The van der Waals surface area contributed by atoms with E-state index in [-0.39, 0.29) is 6.10 Å². The van der Waals surface area contributed by atoms with Gasteiger partial charge in [-0.25, -0.2) is 4.98 Å². The molecule has 7 heteroatoms. The first-order valence-electron chi connectivity index (χ1n) is 9.85. The summed E-state index contributed by atoms with van der Waals surface area (Å²) in [5, 5.41) is 20.2. The minimum atomic E-state index is -0.651. The predicted molar refractivity (Wildman–Crippen MR) is 116 cm³/mol. The van der Waals surface area contributed by atoms with Gasteiger partial charge < -0.3 is 20.5 Å². The average Bonchev–Trinajstić information content (AvgIpc) is 3.08. The zero-order valence-electron chi connectivity index (χ0n) is 17.2. The van der Waals surface area contributed by atoms with Crippen LogP contribution in [-0.2, 0) is 6.42 Å². The highest BCUT2D eigenvalue weighted by Crippen LogP contribution is 2.19. The standard InChI is InChI=1S/C21H32N4O2S/c1-5-22-21(23-12-6-7-20-25-16(4)14-28-20)24-13-19(26)17-8-10-18(11-9-17)27-15(2)3/h8-11,14-15,19,26H,5-7,12-13H2,1-4H3,(H2,22,23,24). The first-order valence-corrected chi connectivity index (χ1v) is 10.7. The smallest absolute Gasteiger partial charge is 0.191 e. The van der Waals surface area contributed by atoms with E-state index in [9.17, 15) is 5.11 Å². The molecule has 0 spiro atoms. The van der Waals surface area contributed by atoms with Gasteiger partial charge in [-0.3, -0.25) is 4.99 Å². The third-order valence-electron chi connectivity index (χ3n) is 3.93. The van der Waals surface area contributed by atoms with Crippen LogP contribution in [0.25, 0.3) is 0 Å². The molecule has 2 rings (SSSR count). The molecule has 3 N–H and O–H groups in total. The van der Waals surface area contributed by atoms with Crippen LogP contribution in [0.15, 0.2) is 34.6 Å². The second-order valence-electron chi connectivity index (χ2n) is 6.88. The highest BCUT2D eigenvalue weighted by atomic mass is 32.1. The predicted octanol–water partition coefficient (Wildman–Crippen LogP) is 3.46. The van der Waals surface area contributed by atoms with E-state index in [0.717, 1.165) is 48.9 Å². The maximum Gasteiger partial charge on any atom is 0.191 e. The first kappa shape index (κ1) is 22.2. The maximum absolute atomic E-state index is 10.4. The molecule has 1 aromatic heterocycles. The van der Waals surface area contributed by atoms with Crippen LogP contribution in [0.4, 0.5) is 0 Å². The van der Waals surface area contributed by atoms with Gasteiger partial charge in [0.2, 0.25) is 0 Å². The Labute approximate surface area is 172 Å². The summed E-state index contributed by atoms with van der Waals surface area (Å²) >= 11 is 1.71. The van der Waals surface area contributed by atoms with E-state index < -0.39 is 6.10 Å². The fourth-order valence-corrected chi connectivity index (χ4v) is 3.45. The van der Waals surface area contributed by atoms with Gasteiger partial charge in [-0.05, 0) is 51.8 Å². The Hall–Kier alpha value is -2.12. The molecule has 0 bridgehead atoms. The Morgan fingerprint density at radius 1 is 1.25 bits per heavy atom. The minimum absolute atomic E-state index is 0.133. The molecular weight excluding hydrogens is 372 g/mol. The number of hydrogen-bond acceptors (Lipinski definition) is 5. The van der Waals surface area contributed by atoms with Gasteiger partial charge in [-0.2, -0.15) is 0 Å². The summed E-state index contributed by atoms with van der Waals surface area (Å²) in [6, 6.07) is 7.53. The van der Waals surface area contributed by atoms with Gasteiger partial charge in [0.25, 0.3) is 0 Å². The molecular formula is C21H32N4O2S. The van der Waals surface area contributed by atoms with Gasteiger partial charge in [-0.1, -0.05) is 12.1 Å². The molecule has 1 atom stereocenters. The molecule has 1 aromatic carbocycles. The highest BCUT2D eigenvalue weighted by Gasteiger charge is 2.08. The van der Waals surface area contributed by atoms with Gasteiger partial charge in [0.15, 0.2) is 5.96 Å². The van der Waals surface area contributed by atoms with Crippen LogP contribution in [0.5, 0.6) is 5.75 Å². The van der Waals surface area contributed by atoms with Crippen LogP contribution >= 0.6 is 11.3 Å². The molecule has 28 heavy (non-hydrogen) atoms. The van der Waals surface area contributed by atoms with E-state index in [1.165, 1.54) is 5.01 Å². The van der Waals surface area contributed by atoms with Gasteiger partial charge in [0.1, 0.15) is 5.75 Å². The summed E-state index contributed by atoms with van der Waals surface area (Å²) < 4.78 is 5.63. The van der Waals surface area contributed by atoms with Crippen LogP contribution in [0, 0.1) is 6.92 Å². The molecule has 0 fully saturated rings. The molecule has 154 valence electrons. The summed E-state index contributed by atoms with van der Waals surface area (Å²) in [7, 11) is 0. The van der Waals surface area contributed by atoms with Crippen molar-refractivity contribution in [2.75, 3.05) is 19.6 Å². The number of aliphatic hydroxyl groups excluding tert-OH is 1. The molecule has 1 heterocycles. The highest BCUT2D eigenvalue weighted by molar-refractivity contribution is 7.09. The maximum atomic E-state index is 10.4. The molecule has 0 radical (unpaired) electrons.